The maximum Gasteiger partial charge on any atom is 0.251 e. The van der Waals surface area contributed by atoms with Crippen molar-refractivity contribution >= 4 is 5.91 Å². The SMILES string of the molecule is O=C(NCc1ccc(Cn2cccn2)cc1)c1ccc(-n2cccc2)cc1. The Kier molecular flexibility index (Phi) is 4.83. The first kappa shape index (κ1) is 16.8. The van der Waals surface area contributed by atoms with Crippen molar-refractivity contribution in [3.05, 3.63) is 108 Å². The number of hydrogen-bond donors (Lipinski definition) is 1. The highest BCUT2D eigenvalue weighted by Gasteiger charge is 2.06. The minimum absolute atomic E-state index is 0.0744. The van der Waals surface area contributed by atoms with Crippen molar-refractivity contribution in [2.45, 2.75) is 13.1 Å². The van der Waals surface area contributed by atoms with E-state index in [0.717, 1.165) is 17.8 Å². The molecular weight excluding hydrogens is 336 g/mol. The van der Waals surface area contributed by atoms with Crippen LogP contribution in [-0.2, 0) is 13.1 Å². The van der Waals surface area contributed by atoms with E-state index in [2.05, 4.69) is 22.5 Å². The first-order chi connectivity index (χ1) is 13.3. The largest absolute Gasteiger partial charge is 0.348 e. The topological polar surface area (TPSA) is 51.9 Å². The maximum absolute atomic E-state index is 12.4. The molecule has 2 aromatic carbocycles. The van der Waals surface area contributed by atoms with E-state index in [9.17, 15) is 4.79 Å². The second kappa shape index (κ2) is 7.74. The molecule has 5 nitrogen and oxygen atoms in total. The lowest BCUT2D eigenvalue weighted by atomic mass is 10.1. The average molecular weight is 356 g/mol. The Morgan fingerprint density at radius 3 is 2.22 bits per heavy atom. The van der Waals surface area contributed by atoms with Gasteiger partial charge in [-0.15, -0.1) is 0 Å². The van der Waals surface area contributed by atoms with Crippen LogP contribution in [0.5, 0.6) is 0 Å². The van der Waals surface area contributed by atoms with Crippen LogP contribution in [0.2, 0.25) is 0 Å². The zero-order valence-electron chi connectivity index (χ0n) is 14.8. The van der Waals surface area contributed by atoms with Gasteiger partial charge in [-0.1, -0.05) is 24.3 Å². The number of nitrogens with zero attached hydrogens (tertiary/aromatic N) is 3. The molecule has 0 unspecified atom stereocenters. The summed E-state index contributed by atoms with van der Waals surface area (Å²) in [6.07, 6.45) is 7.67. The third-order valence-corrected chi connectivity index (χ3v) is 4.41. The highest BCUT2D eigenvalue weighted by molar-refractivity contribution is 5.94. The van der Waals surface area contributed by atoms with Crippen molar-refractivity contribution in [1.82, 2.24) is 19.7 Å². The minimum atomic E-state index is -0.0744. The summed E-state index contributed by atoms with van der Waals surface area (Å²) in [5.74, 6) is -0.0744. The lowest BCUT2D eigenvalue weighted by Crippen LogP contribution is -2.22. The quantitative estimate of drug-likeness (QED) is 0.573. The molecule has 2 aromatic heterocycles. The van der Waals surface area contributed by atoms with E-state index in [1.165, 1.54) is 5.56 Å². The molecule has 134 valence electrons. The Hall–Kier alpha value is -3.60. The molecule has 0 saturated carbocycles. The smallest absolute Gasteiger partial charge is 0.251 e. The van der Waals surface area contributed by atoms with Gasteiger partial charge in [-0.3, -0.25) is 9.48 Å². The molecule has 2 heterocycles. The van der Waals surface area contributed by atoms with Gasteiger partial charge < -0.3 is 9.88 Å². The summed E-state index contributed by atoms with van der Waals surface area (Å²) in [4.78, 5) is 12.4. The molecule has 1 N–H and O–H groups in total. The van der Waals surface area contributed by atoms with Crippen LogP contribution >= 0.6 is 0 Å². The number of amides is 1. The molecule has 4 rings (SSSR count). The molecule has 0 spiro atoms. The van der Waals surface area contributed by atoms with Crippen molar-refractivity contribution in [2.75, 3.05) is 0 Å². The van der Waals surface area contributed by atoms with E-state index in [1.54, 1.807) is 6.20 Å². The number of benzene rings is 2. The summed E-state index contributed by atoms with van der Waals surface area (Å²) < 4.78 is 3.89. The maximum atomic E-state index is 12.4. The summed E-state index contributed by atoms with van der Waals surface area (Å²) in [5.41, 5.74) is 3.93. The monoisotopic (exact) mass is 356 g/mol. The highest BCUT2D eigenvalue weighted by Crippen LogP contribution is 2.11. The van der Waals surface area contributed by atoms with E-state index in [-0.39, 0.29) is 5.91 Å². The Labute approximate surface area is 157 Å². The fourth-order valence-electron chi connectivity index (χ4n) is 2.92. The van der Waals surface area contributed by atoms with E-state index in [4.69, 9.17) is 0 Å². The van der Waals surface area contributed by atoms with Crippen molar-refractivity contribution in [2.24, 2.45) is 0 Å². The molecule has 0 bridgehead atoms. The molecule has 4 aromatic rings. The lowest BCUT2D eigenvalue weighted by Gasteiger charge is -2.08. The van der Waals surface area contributed by atoms with Gasteiger partial charge in [-0.25, -0.2) is 0 Å². The van der Waals surface area contributed by atoms with Crippen molar-refractivity contribution < 1.29 is 4.79 Å². The van der Waals surface area contributed by atoms with Gasteiger partial charge in [-0.2, -0.15) is 5.10 Å². The second-order valence-electron chi connectivity index (χ2n) is 6.34. The van der Waals surface area contributed by atoms with Gasteiger partial charge in [0, 0.05) is 42.6 Å². The Bertz CT molecular complexity index is 986. The molecule has 0 atom stereocenters. The zero-order chi connectivity index (χ0) is 18.5. The summed E-state index contributed by atoms with van der Waals surface area (Å²) >= 11 is 0. The van der Waals surface area contributed by atoms with Crippen LogP contribution in [0.3, 0.4) is 0 Å². The van der Waals surface area contributed by atoms with E-state index < -0.39 is 0 Å². The van der Waals surface area contributed by atoms with E-state index in [0.29, 0.717) is 12.1 Å². The molecule has 5 heteroatoms. The fraction of sp³-hybridized carbons (Fsp3) is 0.0909. The number of nitrogens with one attached hydrogen (secondary N) is 1. The van der Waals surface area contributed by atoms with Gasteiger partial charge in [0.05, 0.1) is 6.54 Å². The van der Waals surface area contributed by atoms with Gasteiger partial charge >= 0.3 is 0 Å². The Morgan fingerprint density at radius 2 is 1.56 bits per heavy atom. The summed E-state index contributed by atoms with van der Waals surface area (Å²) in [7, 11) is 0. The number of rotatable bonds is 6. The van der Waals surface area contributed by atoms with Crippen LogP contribution in [-0.4, -0.2) is 20.3 Å². The molecule has 0 aliphatic rings. The van der Waals surface area contributed by atoms with Crippen molar-refractivity contribution in [3.8, 4) is 5.69 Å². The van der Waals surface area contributed by atoms with Crippen LogP contribution < -0.4 is 5.32 Å². The first-order valence-electron chi connectivity index (χ1n) is 8.85. The molecule has 27 heavy (non-hydrogen) atoms. The molecule has 0 aliphatic carbocycles. The van der Waals surface area contributed by atoms with Gasteiger partial charge in [0.2, 0.25) is 0 Å². The molecular formula is C22H20N4O. The van der Waals surface area contributed by atoms with Crippen LogP contribution in [0.15, 0.2) is 91.5 Å². The lowest BCUT2D eigenvalue weighted by molar-refractivity contribution is 0.0951. The van der Waals surface area contributed by atoms with Crippen molar-refractivity contribution in [3.63, 3.8) is 0 Å². The molecule has 0 aliphatic heterocycles. The van der Waals surface area contributed by atoms with Gasteiger partial charge in [-0.05, 0) is 53.6 Å². The summed E-state index contributed by atoms with van der Waals surface area (Å²) in [6, 6.07) is 21.6. The molecule has 0 saturated heterocycles. The van der Waals surface area contributed by atoms with Gasteiger partial charge in [0.25, 0.3) is 5.91 Å². The van der Waals surface area contributed by atoms with Gasteiger partial charge in [0.15, 0.2) is 0 Å². The van der Waals surface area contributed by atoms with E-state index >= 15 is 0 Å². The van der Waals surface area contributed by atoms with E-state index in [1.807, 2.05) is 82.4 Å². The van der Waals surface area contributed by atoms with Gasteiger partial charge in [0.1, 0.15) is 0 Å². The van der Waals surface area contributed by atoms with Crippen LogP contribution in [0, 0.1) is 0 Å². The highest BCUT2D eigenvalue weighted by atomic mass is 16.1. The molecule has 1 amide bonds. The third kappa shape index (κ3) is 4.15. The molecule has 0 radical (unpaired) electrons. The van der Waals surface area contributed by atoms with Crippen LogP contribution in [0.4, 0.5) is 0 Å². The van der Waals surface area contributed by atoms with Crippen LogP contribution in [0.1, 0.15) is 21.5 Å². The molecule has 0 fully saturated rings. The number of hydrogen-bond acceptors (Lipinski definition) is 2. The predicted octanol–water partition coefficient (Wildman–Crippen LogP) is 3.65. The number of aromatic nitrogens is 3. The second-order valence-corrected chi connectivity index (χ2v) is 6.34. The zero-order valence-corrected chi connectivity index (χ0v) is 14.8. The summed E-state index contributed by atoms with van der Waals surface area (Å²) in [6.45, 7) is 1.24. The Balaban J connectivity index is 1.33. The standard InChI is InChI=1S/C22H20N4O/c27-22(20-8-10-21(11-9-20)25-13-1-2-14-25)23-16-18-4-6-19(7-5-18)17-26-15-3-12-24-26/h1-15H,16-17H2,(H,23,27). The minimum Gasteiger partial charge on any atom is -0.348 e. The Morgan fingerprint density at radius 1 is 0.852 bits per heavy atom. The predicted molar refractivity (Wildman–Crippen MR) is 105 cm³/mol. The summed E-state index contributed by atoms with van der Waals surface area (Å²) in [5, 5.41) is 7.18. The average Bonchev–Trinajstić information content (AvgIpc) is 3.42. The number of carbonyl (C=O) groups excluding carboxylic acids is 1. The third-order valence-electron chi connectivity index (χ3n) is 4.41. The fourth-order valence-corrected chi connectivity index (χ4v) is 2.92. The van der Waals surface area contributed by atoms with Crippen molar-refractivity contribution in [1.29, 1.82) is 0 Å². The number of carbonyl (C=O) groups is 1. The van der Waals surface area contributed by atoms with Crippen LogP contribution in [0.25, 0.3) is 5.69 Å². The normalized spacial score (nSPS) is 10.7. The first-order valence-corrected chi connectivity index (χ1v) is 8.85.